The first kappa shape index (κ1) is 15.1. The Morgan fingerprint density at radius 2 is 1.81 bits per heavy atom. The van der Waals surface area contributed by atoms with Crippen LogP contribution < -0.4 is 15.2 Å². The molecule has 0 atom stereocenters. The Morgan fingerprint density at radius 1 is 1.05 bits per heavy atom. The van der Waals surface area contributed by atoms with E-state index in [-0.39, 0.29) is 28.8 Å². The van der Waals surface area contributed by atoms with Crippen LogP contribution in [0.5, 0.6) is 17.2 Å². The SMILES string of the molecule is CCCOc1cc(Oc2ccc(C)c(F)c2)c(N)cc1F. The molecular weight excluding hydrogens is 276 g/mol. The maximum atomic E-state index is 13.7. The van der Waals surface area contributed by atoms with Crippen LogP contribution in [0.15, 0.2) is 30.3 Å². The molecule has 0 spiro atoms. The van der Waals surface area contributed by atoms with E-state index in [2.05, 4.69) is 0 Å². The quantitative estimate of drug-likeness (QED) is 0.829. The first-order valence-corrected chi connectivity index (χ1v) is 6.67. The number of benzene rings is 2. The minimum Gasteiger partial charge on any atom is -0.490 e. The van der Waals surface area contributed by atoms with Gasteiger partial charge in [0, 0.05) is 18.2 Å². The van der Waals surface area contributed by atoms with Gasteiger partial charge in [0.1, 0.15) is 11.6 Å². The summed E-state index contributed by atoms with van der Waals surface area (Å²) in [6, 6.07) is 6.97. The lowest BCUT2D eigenvalue weighted by Gasteiger charge is -2.12. The average Bonchev–Trinajstić information content (AvgIpc) is 2.44. The maximum Gasteiger partial charge on any atom is 0.167 e. The topological polar surface area (TPSA) is 44.5 Å². The van der Waals surface area contributed by atoms with E-state index in [1.165, 1.54) is 12.1 Å². The number of ether oxygens (including phenoxy) is 2. The minimum absolute atomic E-state index is 0.0635. The molecule has 0 aliphatic carbocycles. The number of hydrogen-bond acceptors (Lipinski definition) is 3. The van der Waals surface area contributed by atoms with Gasteiger partial charge in [0.05, 0.1) is 12.3 Å². The van der Waals surface area contributed by atoms with Gasteiger partial charge in [-0.1, -0.05) is 13.0 Å². The molecule has 0 radical (unpaired) electrons. The Morgan fingerprint density at radius 3 is 2.48 bits per heavy atom. The van der Waals surface area contributed by atoms with Crippen LogP contribution in [0.3, 0.4) is 0 Å². The Balaban J connectivity index is 2.28. The predicted octanol–water partition coefficient (Wildman–Crippen LogP) is 4.44. The highest BCUT2D eigenvalue weighted by molar-refractivity contribution is 5.57. The zero-order chi connectivity index (χ0) is 15.4. The molecule has 0 aromatic heterocycles. The molecule has 0 heterocycles. The van der Waals surface area contributed by atoms with Crippen molar-refractivity contribution in [2.75, 3.05) is 12.3 Å². The molecule has 5 heteroatoms. The fourth-order valence-electron chi connectivity index (χ4n) is 1.73. The molecule has 0 amide bonds. The molecule has 0 unspecified atom stereocenters. The third-order valence-corrected chi connectivity index (χ3v) is 2.90. The normalized spacial score (nSPS) is 10.5. The molecule has 0 aliphatic heterocycles. The largest absolute Gasteiger partial charge is 0.490 e. The monoisotopic (exact) mass is 293 g/mol. The molecular formula is C16H17F2NO2. The summed E-state index contributed by atoms with van der Waals surface area (Å²) in [5, 5.41) is 0. The summed E-state index contributed by atoms with van der Waals surface area (Å²) in [5.41, 5.74) is 6.36. The van der Waals surface area contributed by atoms with Crippen LogP contribution in [0.4, 0.5) is 14.5 Å². The van der Waals surface area contributed by atoms with E-state index < -0.39 is 5.82 Å². The number of rotatable bonds is 5. The maximum absolute atomic E-state index is 13.7. The van der Waals surface area contributed by atoms with Gasteiger partial charge in [0.15, 0.2) is 17.3 Å². The Kier molecular flexibility index (Phi) is 4.62. The summed E-state index contributed by atoms with van der Waals surface area (Å²) in [6.45, 7) is 3.96. The number of anilines is 1. The Hall–Kier alpha value is -2.30. The standard InChI is InChI=1S/C16H17F2NO2/c1-3-6-20-15-9-16(14(19)8-13(15)18)21-11-5-4-10(2)12(17)7-11/h4-5,7-9H,3,6,19H2,1-2H3. The summed E-state index contributed by atoms with van der Waals surface area (Å²) in [7, 11) is 0. The fourth-order valence-corrected chi connectivity index (χ4v) is 1.73. The van der Waals surface area contributed by atoms with E-state index in [4.69, 9.17) is 15.2 Å². The van der Waals surface area contributed by atoms with Crippen molar-refractivity contribution in [1.29, 1.82) is 0 Å². The van der Waals surface area contributed by atoms with Gasteiger partial charge in [-0.25, -0.2) is 8.78 Å². The van der Waals surface area contributed by atoms with Crippen molar-refractivity contribution in [3.63, 3.8) is 0 Å². The molecule has 2 aromatic carbocycles. The van der Waals surface area contributed by atoms with E-state index in [9.17, 15) is 8.78 Å². The van der Waals surface area contributed by atoms with Gasteiger partial charge >= 0.3 is 0 Å². The van der Waals surface area contributed by atoms with Crippen LogP contribution in [-0.4, -0.2) is 6.61 Å². The summed E-state index contributed by atoms with van der Waals surface area (Å²) in [4.78, 5) is 0. The zero-order valence-corrected chi connectivity index (χ0v) is 12.0. The molecule has 2 rings (SSSR count). The summed E-state index contributed by atoms with van der Waals surface area (Å²) in [6.07, 6.45) is 0.753. The number of aryl methyl sites for hydroxylation is 1. The molecule has 0 fully saturated rings. The van der Waals surface area contributed by atoms with Gasteiger partial charge < -0.3 is 15.2 Å². The Labute approximate surface area is 122 Å². The summed E-state index contributed by atoms with van der Waals surface area (Å²) in [5.74, 6) is -0.351. The van der Waals surface area contributed by atoms with E-state index in [0.29, 0.717) is 12.2 Å². The summed E-state index contributed by atoms with van der Waals surface area (Å²) >= 11 is 0. The molecule has 2 aromatic rings. The number of nitrogens with two attached hydrogens (primary N) is 1. The predicted molar refractivity (Wildman–Crippen MR) is 77.8 cm³/mol. The number of halogens is 2. The van der Waals surface area contributed by atoms with Crippen LogP contribution in [0.25, 0.3) is 0 Å². The van der Waals surface area contributed by atoms with Crippen LogP contribution >= 0.6 is 0 Å². The zero-order valence-electron chi connectivity index (χ0n) is 12.0. The molecule has 0 saturated heterocycles. The minimum atomic E-state index is -0.552. The van der Waals surface area contributed by atoms with Crippen LogP contribution in [0.2, 0.25) is 0 Å². The molecule has 3 nitrogen and oxygen atoms in total. The first-order chi connectivity index (χ1) is 10.0. The third-order valence-electron chi connectivity index (χ3n) is 2.90. The van der Waals surface area contributed by atoms with Crippen LogP contribution in [0.1, 0.15) is 18.9 Å². The lowest BCUT2D eigenvalue weighted by atomic mass is 10.2. The molecule has 2 N–H and O–H groups in total. The van der Waals surface area contributed by atoms with Crippen LogP contribution in [0, 0.1) is 18.6 Å². The lowest BCUT2D eigenvalue weighted by molar-refractivity contribution is 0.299. The molecule has 0 aliphatic rings. The lowest BCUT2D eigenvalue weighted by Crippen LogP contribution is -2.00. The van der Waals surface area contributed by atoms with Crippen molar-refractivity contribution in [2.24, 2.45) is 0 Å². The fraction of sp³-hybridized carbons (Fsp3) is 0.250. The van der Waals surface area contributed by atoms with Crippen molar-refractivity contribution >= 4 is 5.69 Å². The second-order valence-electron chi connectivity index (χ2n) is 4.68. The second kappa shape index (κ2) is 6.43. The van der Waals surface area contributed by atoms with Crippen molar-refractivity contribution in [3.05, 3.63) is 47.5 Å². The van der Waals surface area contributed by atoms with Gasteiger partial charge in [0.2, 0.25) is 0 Å². The highest BCUT2D eigenvalue weighted by atomic mass is 19.1. The molecule has 0 bridgehead atoms. The second-order valence-corrected chi connectivity index (χ2v) is 4.68. The van der Waals surface area contributed by atoms with Gasteiger partial charge in [-0.15, -0.1) is 0 Å². The van der Waals surface area contributed by atoms with Gasteiger partial charge in [-0.3, -0.25) is 0 Å². The van der Waals surface area contributed by atoms with Crippen molar-refractivity contribution in [3.8, 4) is 17.2 Å². The van der Waals surface area contributed by atoms with Gasteiger partial charge in [0.25, 0.3) is 0 Å². The van der Waals surface area contributed by atoms with Crippen molar-refractivity contribution < 1.29 is 18.3 Å². The Bertz CT molecular complexity index is 644. The number of nitrogen functional groups attached to an aromatic ring is 1. The highest BCUT2D eigenvalue weighted by Gasteiger charge is 2.11. The third kappa shape index (κ3) is 3.62. The van der Waals surface area contributed by atoms with E-state index >= 15 is 0 Å². The van der Waals surface area contributed by atoms with Crippen LogP contribution in [-0.2, 0) is 0 Å². The molecule has 112 valence electrons. The smallest absolute Gasteiger partial charge is 0.167 e. The summed E-state index contributed by atoms with van der Waals surface area (Å²) < 4.78 is 38.0. The van der Waals surface area contributed by atoms with E-state index in [0.717, 1.165) is 12.5 Å². The van der Waals surface area contributed by atoms with E-state index in [1.807, 2.05) is 6.92 Å². The van der Waals surface area contributed by atoms with Crippen molar-refractivity contribution in [1.82, 2.24) is 0 Å². The average molecular weight is 293 g/mol. The molecule has 0 saturated carbocycles. The van der Waals surface area contributed by atoms with Gasteiger partial charge in [-0.2, -0.15) is 0 Å². The highest BCUT2D eigenvalue weighted by Crippen LogP contribution is 2.34. The molecule has 21 heavy (non-hydrogen) atoms. The first-order valence-electron chi connectivity index (χ1n) is 6.67. The van der Waals surface area contributed by atoms with E-state index in [1.54, 1.807) is 19.1 Å². The van der Waals surface area contributed by atoms with Crippen molar-refractivity contribution in [2.45, 2.75) is 20.3 Å². The number of hydrogen-bond donors (Lipinski definition) is 1. The van der Waals surface area contributed by atoms with Gasteiger partial charge in [-0.05, 0) is 25.0 Å².